The van der Waals surface area contributed by atoms with E-state index in [1.165, 1.54) is 0 Å². The summed E-state index contributed by atoms with van der Waals surface area (Å²) < 4.78 is 5.44. The van der Waals surface area contributed by atoms with E-state index in [2.05, 4.69) is 0 Å². The van der Waals surface area contributed by atoms with Crippen LogP contribution in [-0.2, 0) is 4.74 Å². The highest BCUT2D eigenvalue weighted by Crippen LogP contribution is 2.15. The molecule has 3 nitrogen and oxygen atoms in total. The topological polar surface area (TPSA) is 59.1 Å². The summed E-state index contributed by atoms with van der Waals surface area (Å²) in [4.78, 5) is 0. The van der Waals surface area contributed by atoms with Crippen molar-refractivity contribution in [2.75, 3.05) is 6.61 Å². The van der Waals surface area contributed by atoms with E-state index >= 15 is 0 Å². The largest absolute Gasteiger partial charge is 0.376 e. The molecule has 1 fully saturated rings. The third kappa shape index (κ3) is 2.99. The van der Waals surface area contributed by atoms with Crippen molar-refractivity contribution in [2.45, 2.75) is 38.3 Å². The first-order valence-electron chi connectivity index (χ1n) is 4.09. The average molecular weight is 156 g/mol. The zero-order valence-corrected chi connectivity index (χ0v) is 6.97. The minimum Gasteiger partial charge on any atom is -0.376 e. The molecule has 11 heavy (non-hydrogen) atoms. The van der Waals surface area contributed by atoms with Gasteiger partial charge in [-0.25, -0.2) is 0 Å². The maximum atomic E-state index is 7.27. The Balaban J connectivity index is 2.22. The number of nitrogens with two attached hydrogens (primary N) is 1. The molecule has 1 aliphatic heterocycles. The van der Waals surface area contributed by atoms with Gasteiger partial charge in [0.25, 0.3) is 0 Å². The first kappa shape index (κ1) is 8.68. The van der Waals surface area contributed by atoms with Gasteiger partial charge in [0, 0.05) is 18.2 Å². The van der Waals surface area contributed by atoms with Crippen LogP contribution in [0.15, 0.2) is 0 Å². The highest BCUT2D eigenvalue weighted by Gasteiger charge is 2.18. The third-order valence-corrected chi connectivity index (χ3v) is 1.94. The maximum Gasteiger partial charge on any atom is 0.0628 e. The maximum absolute atomic E-state index is 7.27. The van der Waals surface area contributed by atoms with Gasteiger partial charge in [-0.15, -0.1) is 0 Å². The highest BCUT2D eigenvalue weighted by molar-refractivity contribution is 5.78. The quantitative estimate of drug-likeness (QED) is 0.584. The van der Waals surface area contributed by atoms with Crippen LogP contribution in [0.2, 0.25) is 0 Å². The Kier molecular flexibility index (Phi) is 3.02. The summed E-state index contributed by atoms with van der Waals surface area (Å²) in [6, 6.07) is 0.220. The lowest BCUT2D eigenvalue weighted by Gasteiger charge is -2.26. The zero-order valence-electron chi connectivity index (χ0n) is 6.97. The third-order valence-electron chi connectivity index (χ3n) is 1.94. The monoisotopic (exact) mass is 156 g/mol. The standard InChI is InChI=1S/C8H16N2O/c1-6(9)4-8-3-2-7(10)5-11-8/h7-9H,2-5,10H2,1H3/t7-,8+/m0/s1. The molecular formula is C8H16N2O. The molecule has 2 atom stereocenters. The number of ether oxygens (including phenoxy) is 1. The Bertz CT molecular complexity index is 139. The van der Waals surface area contributed by atoms with E-state index in [9.17, 15) is 0 Å². The van der Waals surface area contributed by atoms with Gasteiger partial charge < -0.3 is 15.9 Å². The Morgan fingerprint density at radius 3 is 2.82 bits per heavy atom. The minimum atomic E-state index is 0.220. The lowest BCUT2D eigenvalue weighted by atomic mass is 10.0. The summed E-state index contributed by atoms with van der Waals surface area (Å²) in [5.41, 5.74) is 6.35. The van der Waals surface area contributed by atoms with Crippen molar-refractivity contribution < 1.29 is 4.74 Å². The second-order valence-electron chi connectivity index (χ2n) is 3.28. The first-order chi connectivity index (χ1) is 5.18. The zero-order chi connectivity index (χ0) is 8.27. The van der Waals surface area contributed by atoms with E-state index < -0.39 is 0 Å². The molecule has 3 N–H and O–H groups in total. The van der Waals surface area contributed by atoms with Crippen LogP contribution in [0.5, 0.6) is 0 Å². The Hall–Kier alpha value is -0.410. The lowest BCUT2D eigenvalue weighted by Crippen LogP contribution is -2.35. The van der Waals surface area contributed by atoms with Crippen LogP contribution in [0.3, 0.4) is 0 Å². The number of hydrogen-bond donors (Lipinski definition) is 2. The lowest BCUT2D eigenvalue weighted by molar-refractivity contribution is 0.0100. The van der Waals surface area contributed by atoms with Crippen LogP contribution in [0, 0.1) is 5.41 Å². The van der Waals surface area contributed by atoms with Gasteiger partial charge in [0.2, 0.25) is 0 Å². The molecule has 64 valence electrons. The van der Waals surface area contributed by atoms with Gasteiger partial charge in [-0.2, -0.15) is 0 Å². The molecule has 0 amide bonds. The fraction of sp³-hybridized carbons (Fsp3) is 0.875. The molecule has 0 aromatic rings. The molecule has 1 rings (SSSR count). The Morgan fingerprint density at radius 1 is 1.64 bits per heavy atom. The van der Waals surface area contributed by atoms with Crippen LogP contribution in [-0.4, -0.2) is 24.5 Å². The second kappa shape index (κ2) is 3.83. The van der Waals surface area contributed by atoms with Gasteiger partial charge >= 0.3 is 0 Å². The number of hydrogen-bond acceptors (Lipinski definition) is 3. The van der Waals surface area contributed by atoms with Crippen molar-refractivity contribution in [2.24, 2.45) is 5.73 Å². The van der Waals surface area contributed by atoms with E-state index in [-0.39, 0.29) is 12.1 Å². The number of rotatable bonds is 2. The van der Waals surface area contributed by atoms with E-state index in [0.29, 0.717) is 12.3 Å². The van der Waals surface area contributed by atoms with Gasteiger partial charge in [0.05, 0.1) is 12.7 Å². The Labute approximate surface area is 67.4 Å². The molecular weight excluding hydrogens is 140 g/mol. The first-order valence-corrected chi connectivity index (χ1v) is 4.09. The van der Waals surface area contributed by atoms with E-state index in [1.807, 2.05) is 6.92 Å². The SMILES string of the molecule is CC(=N)C[C@H]1CC[C@H](N)CO1. The summed E-state index contributed by atoms with van der Waals surface area (Å²) in [6.07, 6.45) is 3.08. The molecule has 0 spiro atoms. The van der Waals surface area contributed by atoms with Crippen molar-refractivity contribution >= 4 is 5.71 Å². The molecule has 1 aliphatic rings. The predicted octanol–water partition coefficient (Wildman–Crippen LogP) is 0.922. The summed E-state index contributed by atoms with van der Waals surface area (Å²) >= 11 is 0. The van der Waals surface area contributed by atoms with Crippen LogP contribution < -0.4 is 5.73 Å². The summed E-state index contributed by atoms with van der Waals surface area (Å²) in [7, 11) is 0. The summed E-state index contributed by atoms with van der Waals surface area (Å²) in [5.74, 6) is 0. The van der Waals surface area contributed by atoms with Gasteiger partial charge in [-0.1, -0.05) is 0 Å². The van der Waals surface area contributed by atoms with Crippen LogP contribution in [0.4, 0.5) is 0 Å². The smallest absolute Gasteiger partial charge is 0.0628 e. The molecule has 1 heterocycles. The minimum absolute atomic E-state index is 0.220. The fourth-order valence-corrected chi connectivity index (χ4v) is 1.33. The molecule has 1 saturated heterocycles. The van der Waals surface area contributed by atoms with Crippen molar-refractivity contribution in [1.29, 1.82) is 5.41 Å². The molecule has 0 saturated carbocycles. The van der Waals surface area contributed by atoms with Crippen molar-refractivity contribution in [1.82, 2.24) is 0 Å². The van der Waals surface area contributed by atoms with Gasteiger partial charge in [-0.3, -0.25) is 0 Å². The van der Waals surface area contributed by atoms with Gasteiger partial charge in [0.15, 0.2) is 0 Å². The second-order valence-corrected chi connectivity index (χ2v) is 3.28. The van der Waals surface area contributed by atoms with E-state index in [4.69, 9.17) is 15.9 Å². The fourth-order valence-electron chi connectivity index (χ4n) is 1.33. The van der Waals surface area contributed by atoms with Crippen LogP contribution in [0.25, 0.3) is 0 Å². The molecule has 0 bridgehead atoms. The van der Waals surface area contributed by atoms with Crippen LogP contribution in [0.1, 0.15) is 26.2 Å². The molecule has 0 aromatic heterocycles. The van der Waals surface area contributed by atoms with E-state index in [0.717, 1.165) is 19.3 Å². The summed E-state index contributed by atoms with van der Waals surface area (Å²) in [6.45, 7) is 2.48. The van der Waals surface area contributed by atoms with Crippen LogP contribution >= 0.6 is 0 Å². The van der Waals surface area contributed by atoms with Crippen molar-refractivity contribution in [3.8, 4) is 0 Å². The van der Waals surface area contributed by atoms with Crippen molar-refractivity contribution in [3.63, 3.8) is 0 Å². The normalized spacial score (nSPS) is 31.8. The Morgan fingerprint density at radius 2 is 2.36 bits per heavy atom. The molecule has 3 heteroatoms. The molecule has 0 unspecified atom stereocenters. The molecule has 0 aromatic carbocycles. The summed E-state index contributed by atoms with van der Waals surface area (Å²) in [5, 5.41) is 7.27. The average Bonchev–Trinajstić information content (AvgIpc) is 1.93. The van der Waals surface area contributed by atoms with Gasteiger partial charge in [-0.05, 0) is 19.8 Å². The molecule has 0 aliphatic carbocycles. The van der Waals surface area contributed by atoms with Gasteiger partial charge in [0.1, 0.15) is 0 Å². The van der Waals surface area contributed by atoms with E-state index in [1.54, 1.807) is 0 Å². The highest BCUT2D eigenvalue weighted by atomic mass is 16.5. The van der Waals surface area contributed by atoms with Crippen molar-refractivity contribution in [3.05, 3.63) is 0 Å². The predicted molar refractivity (Wildman–Crippen MR) is 45.0 cm³/mol. The number of nitrogens with one attached hydrogen (secondary N) is 1. The molecule has 0 radical (unpaired) electrons.